The van der Waals surface area contributed by atoms with E-state index in [-0.39, 0.29) is 16.5 Å². The average molecular weight is 273 g/mol. The molecule has 0 amide bonds. The third-order valence-electron chi connectivity index (χ3n) is 3.17. The third kappa shape index (κ3) is 2.88. The van der Waals surface area contributed by atoms with Gasteiger partial charge in [-0.1, -0.05) is 12.8 Å². The summed E-state index contributed by atoms with van der Waals surface area (Å²) in [6.07, 6.45) is 3.73. The molecule has 1 saturated carbocycles. The summed E-state index contributed by atoms with van der Waals surface area (Å²) >= 11 is 0. The van der Waals surface area contributed by atoms with Crippen molar-refractivity contribution in [3.8, 4) is 0 Å². The van der Waals surface area contributed by atoms with Crippen LogP contribution in [0.15, 0.2) is 23.1 Å². The van der Waals surface area contributed by atoms with Crippen molar-refractivity contribution in [1.29, 1.82) is 0 Å². The smallest absolute Gasteiger partial charge is 0.240 e. The highest BCUT2D eigenvalue weighted by molar-refractivity contribution is 7.89. The fraction of sp³-hybridized carbons (Fsp3) is 0.500. The van der Waals surface area contributed by atoms with E-state index in [1.54, 1.807) is 0 Å². The molecule has 0 aliphatic heterocycles. The first kappa shape index (κ1) is 13.5. The minimum absolute atomic E-state index is 0.000139. The Balaban J connectivity index is 2.23. The lowest BCUT2D eigenvalue weighted by Gasteiger charge is -2.13. The van der Waals surface area contributed by atoms with Gasteiger partial charge < -0.3 is 5.11 Å². The number of hydrogen-bond acceptors (Lipinski definition) is 3. The molecule has 1 aliphatic carbocycles. The second-order valence-corrected chi connectivity index (χ2v) is 6.23. The Labute approximate surface area is 106 Å². The normalized spacial score (nSPS) is 17.2. The van der Waals surface area contributed by atoms with Crippen LogP contribution in [0, 0.1) is 5.82 Å². The van der Waals surface area contributed by atoms with Gasteiger partial charge in [-0.2, -0.15) is 0 Å². The SMILES string of the molecule is O=S(=O)(NC1CCCC1)c1ccc(F)c(CO)c1. The van der Waals surface area contributed by atoms with Crippen LogP contribution in [-0.4, -0.2) is 19.6 Å². The molecule has 0 unspecified atom stereocenters. The molecule has 0 bridgehead atoms. The molecule has 6 heteroatoms. The fourth-order valence-corrected chi connectivity index (χ4v) is 3.53. The minimum Gasteiger partial charge on any atom is -0.392 e. The summed E-state index contributed by atoms with van der Waals surface area (Å²) in [6, 6.07) is 3.42. The standard InChI is InChI=1S/C12H16FNO3S/c13-12-6-5-11(7-9(12)8-15)18(16,17)14-10-3-1-2-4-10/h5-7,10,14-15H,1-4,8H2. The van der Waals surface area contributed by atoms with Gasteiger partial charge in [-0.15, -0.1) is 0 Å². The molecule has 0 radical (unpaired) electrons. The van der Waals surface area contributed by atoms with E-state index in [0.717, 1.165) is 31.7 Å². The van der Waals surface area contributed by atoms with Gasteiger partial charge >= 0.3 is 0 Å². The maximum atomic E-state index is 13.2. The van der Waals surface area contributed by atoms with Crippen LogP contribution in [0.25, 0.3) is 0 Å². The van der Waals surface area contributed by atoms with E-state index in [4.69, 9.17) is 5.11 Å². The molecule has 0 aromatic heterocycles. The van der Waals surface area contributed by atoms with Crippen LogP contribution in [0.2, 0.25) is 0 Å². The van der Waals surface area contributed by atoms with E-state index in [1.807, 2.05) is 0 Å². The fourth-order valence-electron chi connectivity index (χ4n) is 2.17. The number of aliphatic hydroxyl groups is 1. The van der Waals surface area contributed by atoms with Crippen molar-refractivity contribution in [2.75, 3.05) is 0 Å². The lowest BCUT2D eigenvalue weighted by Crippen LogP contribution is -2.32. The summed E-state index contributed by atoms with van der Waals surface area (Å²) < 4.78 is 39.9. The van der Waals surface area contributed by atoms with Crippen LogP contribution >= 0.6 is 0 Å². The topological polar surface area (TPSA) is 66.4 Å². The molecular weight excluding hydrogens is 257 g/mol. The van der Waals surface area contributed by atoms with Gasteiger partial charge in [-0.3, -0.25) is 0 Å². The molecule has 1 fully saturated rings. The predicted molar refractivity (Wildman–Crippen MR) is 64.9 cm³/mol. The van der Waals surface area contributed by atoms with Gasteiger partial charge in [0.2, 0.25) is 10.0 Å². The predicted octanol–water partition coefficient (Wildman–Crippen LogP) is 1.54. The molecule has 100 valence electrons. The maximum absolute atomic E-state index is 13.2. The van der Waals surface area contributed by atoms with E-state index >= 15 is 0 Å². The first-order valence-corrected chi connectivity index (χ1v) is 7.43. The Hall–Kier alpha value is -0.980. The molecule has 2 rings (SSSR count). The van der Waals surface area contributed by atoms with Crippen LogP contribution < -0.4 is 4.72 Å². The van der Waals surface area contributed by atoms with Gasteiger partial charge in [-0.05, 0) is 31.0 Å². The van der Waals surface area contributed by atoms with Crippen molar-refractivity contribution in [1.82, 2.24) is 4.72 Å². The molecule has 1 aromatic carbocycles. The molecule has 4 nitrogen and oxygen atoms in total. The van der Waals surface area contributed by atoms with Gasteiger partial charge in [-0.25, -0.2) is 17.5 Å². The van der Waals surface area contributed by atoms with E-state index in [2.05, 4.69) is 4.72 Å². The Morgan fingerprint density at radius 1 is 1.33 bits per heavy atom. The zero-order valence-corrected chi connectivity index (χ0v) is 10.7. The Morgan fingerprint density at radius 2 is 2.00 bits per heavy atom. The molecule has 0 saturated heterocycles. The molecule has 0 atom stereocenters. The molecule has 0 spiro atoms. The Kier molecular flexibility index (Phi) is 3.99. The lowest BCUT2D eigenvalue weighted by atomic mass is 10.2. The quantitative estimate of drug-likeness (QED) is 0.874. The second kappa shape index (κ2) is 5.34. The highest BCUT2D eigenvalue weighted by Gasteiger charge is 2.23. The zero-order chi connectivity index (χ0) is 13.2. The first-order valence-electron chi connectivity index (χ1n) is 5.94. The molecule has 0 heterocycles. The number of nitrogens with one attached hydrogen (secondary N) is 1. The van der Waals surface area contributed by atoms with Crippen molar-refractivity contribution in [3.05, 3.63) is 29.6 Å². The highest BCUT2D eigenvalue weighted by atomic mass is 32.2. The summed E-state index contributed by atoms with van der Waals surface area (Å²) in [5.74, 6) is -0.600. The van der Waals surface area contributed by atoms with Crippen LogP contribution in [0.3, 0.4) is 0 Å². The molecule has 18 heavy (non-hydrogen) atoms. The lowest BCUT2D eigenvalue weighted by molar-refractivity contribution is 0.275. The Bertz CT molecular complexity index is 524. The van der Waals surface area contributed by atoms with Crippen LogP contribution in [-0.2, 0) is 16.6 Å². The molecule has 1 aromatic rings. The summed E-state index contributed by atoms with van der Waals surface area (Å²) in [5.41, 5.74) is -0.00991. The van der Waals surface area contributed by atoms with Crippen LogP contribution in [0.1, 0.15) is 31.2 Å². The monoisotopic (exact) mass is 273 g/mol. The van der Waals surface area contributed by atoms with Crippen molar-refractivity contribution < 1.29 is 17.9 Å². The molecular formula is C12H16FNO3S. The van der Waals surface area contributed by atoms with Gasteiger partial charge in [0.15, 0.2) is 0 Å². The largest absolute Gasteiger partial charge is 0.392 e. The summed E-state index contributed by atoms with van der Waals surface area (Å²) in [7, 11) is -3.62. The molecule has 1 aliphatic rings. The van der Waals surface area contributed by atoms with Crippen molar-refractivity contribution in [2.45, 2.75) is 43.2 Å². The summed E-state index contributed by atoms with van der Waals surface area (Å²) in [6.45, 7) is -0.515. The summed E-state index contributed by atoms with van der Waals surface area (Å²) in [5, 5.41) is 8.94. The highest BCUT2D eigenvalue weighted by Crippen LogP contribution is 2.21. The second-order valence-electron chi connectivity index (χ2n) is 4.51. The van der Waals surface area contributed by atoms with Crippen LogP contribution in [0.5, 0.6) is 0 Å². The summed E-state index contributed by atoms with van der Waals surface area (Å²) in [4.78, 5) is -0.000139. The zero-order valence-electron chi connectivity index (χ0n) is 9.89. The number of halogens is 1. The average Bonchev–Trinajstić information content (AvgIpc) is 2.81. The van der Waals surface area contributed by atoms with Gasteiger partial charge in [0.1, 0.15) is 5.82 Å². The number of benzene rings is 1. The van der Waals surface area contributed by atoms with E-state index < -0.39 is 22.4 Å². The van der Waals surface area contributed by atoms with Gasteiger partial charge in [0, 0.05) is 11.6 Å². The minimum atomic E-state index is -3.62. The van der Waals surface area contributed by atoms with Crippen molar-refractivity contribution >= 4 is 10.0 Å². The van der Waals surface area contributed by atoms with Crippen molar-refractivity contribution in [2.24, 2.45) is 0 Å². The van der Waals surface area contributed by atoms with Crippen LogP contribution in [0.4, 0.5) is 4.39 Å². The van der Waals surface area contributed by atoms with E-state index in [9.17, 15) is 12.8 Å². The number of aliphatic hydroxyl groups excluding tert-OH is 1. The third-order valence-corrected chi connectivity index (χ3v) is 4.69. The number of rotatable bonds is 4. The first-order chi connectivity index (χ1) is 8.53. The maximum Gasteiger partial charge on any atom is 0.240 e. The molecule has 2 N–H and O–H groups in total. The van der Waals surface area contributed by atoms with Gasteiger partial charge in [0.05, 0.1) is 11.5 Å². The van der Waals surface area contributed by atoms with E-state index in [1.165, 1.54) is 12.1 Å². The van der Waals surface area contributed by atoms with Gasteiger partial charge in [0.25, 0.3) is 0 Å². The number of hydrogen-bond donors (Lipinski definition) is 2. The van der Waals surface area contributed by atoms with E-state index in [0.29, 0.717) is 0 Å². The van der Waals surface area contributed by atoms with Crippen molar-refractivity contribution in [3.63, 3.8) is 0 Å². The Morgan fingerprint density at radius 3 is 2.61 bits per heavy atom. The number of sulfonamides is 1.